The molecule has 106 valence electrons. The van der Waals surface area contributed by atoms with Crippen molar-refractivity contribution in [2.24, 2.45) is 0 Å². The molecule has 0 amide bonds. The molecule has 2 N–H and O–H groups in total. The van der Waals surface area contributed by atoms with E-state index in [1.165, 1.54) is 0 Å². The molecule has 1 aromatic heterocycles. The van der Waals surface area contributed by atoms with Gasteiger partial charge in [0.1, 0.15) is 11.9 Å². The molecule has 0 aliphatic heterocycles. The van der Waals surface area contributed by atoms with E-state index in [4.69, 9.17) is 5.11 Å². The topological polar surface area (TPSA) is 86.0 Å². The standard InChI is InChI=1S/C16H15N3O2/c1-10-6-11(2)19-15(14(10)8-17)18-9-12-4-3-5-13(7-12)16(20)21/h3-7H,9H2,1-2H3,(H,18,19)(H,20,21). The zero-order valence-electron chi connectivity index (χ0n) is 11.8. The van der Waals surface area contributed by atoms with Crippen molar-refractivity contribution in [3.8, 4) is 6.07 Å². The van der Waals surface area contributed by atoms with Crippen molar-refractivity contribution in [2.45, 2.75) is 20.4 Å². The van der Waals surface area contributed by atoms with Gasteiger partial charge in [-0.15, -0.1) is 0 Å². The summed E-state index contributed by atoms with van der Waals surface area (Å²) in [6.07, 6.45) is 0. The Bertz CT molecular complexity index is 733. The summed E-state index contributed by atoms with van der Waals surface area (Å²) in [7, 11) is 0. The molecular formula is C16H15N3O2. The molecule has 0 aliphatic rings. The number of aromatic nitrogens is 1. The second-order valence-corrected chi connectivity index (χ2v) is 4.78. The number of nitrogens with zero attached hydrogens (tertiary/aromatic N) is 2. The fourth-order valence-corrected chi connectivity index (χ4v) is 2.11. The van der Waals surface area contributed by atoms with Crippen LogP contribution in [0, 0.1) is 25.2 Å². The number of carboxylic acids is 1. The third-order valence-electron chi connectivity index (χ3n) is 3.09. The van der Waals surface area contributed by atoms with Crippen LogP contribution in [-0.4, -0.2) is 16.1 Å². The molecule has 5 nitrogen and oxygen atoms in total. The highest BCUT2D eigenvalue weighted by molar-refractivity contribution is 5.87. The van der Waals surface area contributed by atoms with E-state index in [0.29, 0.717) is 17.9 Å². The number of aryl methyl sites for hydroxylation is 2. The average molecular weight is 281 g/mol. The maximum absolute atomic E-state index is 10.9. The van der Waals surface area contributed by atoms with Crippen molar-refractivity contribution in [3.05, 3.63) is 58.3 Å². The number of benzene rings is 1. The number of nitrogens with one attached hydrogen (secondary N) is 1. The van der Waals surface area contributed by atoms with Crippen molar-refractivity contribution < 1.29 is 9.90 Å². The number of pyridine rings is 1. The number of nitriles is 1. The first-order valence-corrected chi connectivity index (χ1v) is 6.45. The number of carboxylic acid groups (broad SMARTS) is 1. The normalized spacial score (nSPS) is 9.95. The molecule has 5 heteroatoms. The van der Waals surface area contributed by atoms with E-state index in [0.717, 1.165) is 16.8 Å². The Balaban J connectivity index is 2.23. The Labute approximate surface area is 122 Å². The summed E-state index contributed by atoms with van der Waals surface area (Å²) in [4.78, 5) is 15.3. The molecule has 2 rings (SSSR count). The van der Waals surface area contributed by atoms with Crippen molar-refractivity contribution in [2.75, 3.05) is 5.32 Å². The van der Waals surface area contributed by atoms with E-state index >= 15 is 0 Å². The van der Waals surface area contributed by atoms with Gasteiger partial charge in [0.2, 0.25) is 0 Å². The predicted molar refractivity (Wildman–Crippen MR) is 79.2 cm³/mol. The minimum atomic E-state index is -0.959. The van der Waals surface area contributed by atoms with Crippen LogP contribution in [-0.2, 0) is 6.54 Å². The van der Waals surface area contributed by atoms with Crippen LogP contribution in [0.2, 0.25) is 0 Å². The highest BCUT2D eigenvalue weighted by Gasteiger charge is 2.09. The zero-order valence-corrected chi connectivity index (χ0v) is 11.8. The lowest BCUT2D eigenvalue weighted by Gasteiger charge is -2.10. The highest BCUT2D eigenvalue weighted by atomic mass is 16.4. The first-order chi connectivity index (χ1) is 10.0. The smallest absolute Gasteiger partial charge is 0.335 e. The lowest BCUT2D eigenvalue weighted by atomic mass is 10.1. The summed E-state index contributed by atoms with van der Waals surface area (Å²) in [5.41, 5.74) is 3.26. The lowest BCUT2D eigenvalue weighted by Crippen LogP contribution is -2.06. The summed E-state index contributed by atoms with van der Waals surface area (Å²) in [5.74, 6) is -0.435. The average Bonchev–Trinajstić information content (AvgIpc) is 2.45. The molecule has 0 saturated carbocycles. The van der Waals surface area contributed by atoms with Crippen LogP contribution in [0.1, 0.15) is 32.7 Å². The molecular weight excluding hydrogens is 266 g/mol. The largest absolute Gasteiger partial charge is 0.478 e. The van der Waals surface area contributed by atoms with Crippen LogP contribution < -0.4 is 5.32 Å². The second-order valence-electron chi connectivity index (χ2n) is 4.78. The Morgan fingerprint density at radius 3 is 2.81 bits per heavy atom. The molecule has 2 aromatic rings. The van der Waals surface area contributed by atoms with E-state index in [-0.39, 0.29) is 5.56 Å². The Kier molecular flexibility index (Phi) is 4.19. The van der Waals surface area contributed by atoms with E-state index in [1.807, 2.05) is 26.0 Å². The molecule has 0 unspecified atom stereocenters. The van der Waals surface area contributed by atoms with Gasteiger partial charge in [0, 0.05) is 12.2 Å². The monoisotopic (exact) mass is 281 g/mol. The number of anilines is 1. The maximum atomic E-state index is 10.9. The van der Waals surface area contributed by atoms with Crippen LogP contribution in [0.3, 0.4) is 0 Å². The van der Waals surface area contributed by atoms with Gasteiger partial charge in [-0.1, -0.05) is 12.1 Å². The van der Waals surface area contributed by atoms with E-state index in [2.05, 4.69) is 16.4 Å². The molecule has 0 saturated heterocycles. The third kappa shape index (κ3) is 3.37. The quantitative estimate of drug-likeness (QED) is 0.900. The first kappa shape index (κ1) is 14.5. The Morgan fingerprint density at radius 1 is 1.38 bits per heavy atom. The van der Waals surface area contributed by atoms with Crippen molar-refractivity contribution in [3.63, 3.8) is 0 Å². The molecule has 0 radical (unpaired) electrons. The van der Waals surface area contributed by atoms with Gasteiger partial charge in [-0.2, -0.15) is 5.26 Å². The molecule has 21 heavy (non-hydrogen) atoms. The number of carbonyl (C=O) groups is 1. The highest BCUT2D eigenvalue weighted by Crippen LogP contribution is 2.18. The SMILES string of the molecule is Cc1cc(C)c(C#N)c(NCc2cccc(C(=O)O)c2)n1. The Morgan fingerprint density at radius 2 is 2.14 bits per heavy atom. The number of rotatable bonds is 4. The summed E-state index contributed by atoms with van der Waals surface area (Å²) >= 11 is 0. The fourth-order valence-electron chi connectivity index (χ4n) is 2.11. The molecule has 0 spiro atoms. The maximum Gasteiger partial charge on any atom is 0.335 e. The van der Waals surface area contributed by atoms with Crippen molar-refractivity contribution >= 4 is 11.8 Å². The summed E-state index contributed by atoms with van der Waals surface area (Å²) in [6.45, 7) is 4.14. The molecule has 0 atom stereocenters. The van der Waals surface area contributed by atoms with Gasteiger partial charge in [0.15, 0.2) is 0 Å². The van der Waals surface area contributed by atoms with Gasteiger partial charge >= 0.3 is 5.97 Å². The van der Waals surface area contributed by atoms with Crippen LogP contribution in [0.4, 0.5) is 5.82 Å². The fraction of sp³-hybridized carbons (Fsp3) is 0.188. The number of hydrogen-bond donors (Lipinski definition) is 2. The second kappa shape index (κ2) is 6.06. The van der Waals surface area contributed by atoms with E-state index < -0.39 is 5.97 Å². The summed E-state index contributed by atoms with van der Waals surface area (Å²) in [5, 5.41) is 21.3. The van der Waals surface area contributed by atoms with Crippen LogP contribution in [0.25, 0.3) is 0 Å². The van der Waals surface area contributed by atoms with Crippen LogP contribution >= 0.6 is 0 Å². The molecule has 1 aromatic carbocycles. The van der Waals surface area contributed by atoms with E-state index in [9.17, 15) is 10.1 Å². The van der Waals surface area contributed by atoms with Crippen molar-refractivity contribution in [1.29, 1.82) is 5.26 Å². The molecule has 1 heterocycles. The predicted octanol–water partition coefficient (Wildman–Crippen LogP) is 2.88. The summed E-state index contributed by atoms with van der Waals surface area (Å²) < 4.78 is 0. The van der Waals surface area contributed by atoms with Gasteiger partial charge < -0.3 is 10.4 Å². The van der Waals surface area contributed by atoms with E-state index in [1.54, 1.807) is 18.2 Å². The van der Waals surface area contributed by atoms with Crippen LogP contribution in [0.15, 0.2) is 30.3 Å². The first-order valence-electron chi connectivity index (χ1n) is 6.45. The van der Waals surface area contributed by atoms with Crippen LogP contribution in [0.5, 0.6) is 0 Å². The van der Waals surface area contributed by atoms with Gasteiger partial charge in [0.05, 0.1) is 11.1 Å². The molecule has 0 bridgehead atoms. The van der Waals surface area contributed by atoms with Gasteiger partial charge in [-0.3, -0.25) is 0 Å². The minimum Gasteiger partial charge on any atom is -0.478 e. The summed E-state index contributed by atoms with van der Waals surface area (Å²) in [6, 6.07) is 10.7. The molecule has 0 aliphatic carbocycles. The number of hydrogen-bond acceptors (Lipinski definition) is 4. The third-order valence-corrected chi connectivity index (χ3v) is 3.09. The molecule has 0 fully saturated rings. The van der Waals surface area contributed by atoms with Crippen molar-refractivity contribution in [1.82, 2.24) is 4.98 Å². The zero-order chi connectivity index (χ0) is 15.4. The lowest BCUT2D eigenvalue weighted by molar-refractivity contribution is 0.0697. The minimum absolute atomic E-state index is 0.239. The van der Waals surface area contributed by atoms with Gasteiger partial charge in [0.25, 0.3) is 0 Å². The Hall–Kier alpha value is -2.87. The van der Waals surface area contributed by atoms with Gasteiger partial charge in [-0.25, -0.2) is 9.78 Å². The van der Waals surface area contributed by atoms with Gasteiger partial charge in [-0.05, 0) is 43.2 Å². The number of aromatic carboxylic acids is 1.